The van der Waals surface area contributed by atoms with E-state index in [1.807, 2.05) is 44.2 Å². The first-order chi connectivity index (χ1) is 12.5. The van der Waals surface area contributed by atoms with E-state index in [9.17, 15) is 4.79 Å². The number of para-hydroxylation sites is 2. The van der Waals surface area contributed by atoms with E-state index in [1.54, 1.807) is 30.5 Å². The molecule has 3 aromatic rings. The number of hydrogen-bond donors (Lipinski definition) is 2. The van der Waals surface area contributed by atoms with Crippen molar-refractivity contribution >= 4 is 29.4 Å². The van der Waals surface area contributed by atoms with Crippen molar-refractivity contribution in [1.29, 1.82) is 0 Å². The number of aromatic nitrogens is 1. The number of amides is 1. The Morgan fingerprint density at radius 3 is 2.58 bits per heavy atom. The largest absolute Gasteiger partial charge is 0.398 e. The van der Waals surface area contributed by atoms with Crippen LogP contribution < -0.4 is 11.2 Å². The lowest BCUT2D eigenvalue weighted by Gasteiger charge is -2.11. The van der Waals surface area contributed by atoms with Gasteiger partial charge in [0.05, 0.1) is 22.5 Å². The van der Waals surface area contributed by atoms with Gasteiger partial charge in [0.1, 0.15) is 0 Å². The van der Waals surface area contributed by atoms with Crippen LogP contribution in [0.2, 0.25) is 5.02 Å². The smallest absolute Gasteiger partial charge is 0.273 e. The quantitative estimate of drug-likeness (QED) is 0.414. The molecule has 0 unspecified atom stereocenters. The number of carbonyl (C=O) groups excluding carboxylic acids is 1. The third-order valence-corrected chi connectivity index (χ3v) is 4.46. The number of nitrogens with two attached hydrogens (primary N) is 1. The summed E-state index contributed by atoms with van der Waals surface area (Å²) in [6.45, 7) is 3.98. The van der Waals surface area contributed by atoms with E-state index in [-0.39, 0.29) is 5.91 Å². The Hall–Kier alpha value is -3.05. The van der Waals surface area contributed by atoms with E-state index < -0.39 is 0 Å². The average molecular weight is 367 g/mol. The predicted molar refractivity (Wildman–Crippen MR) is 106 cm³/mol. The van der Waals surface area contributed by atoms with E-state index in [0.717, 1.165) is 22.6 Å². The van der Waals surface area contributed by atoms with Crippen LogP contribution in [0.3, 0.4) is 0 Å². The summed E-state index contributed by atoms with van der Waals surface area (Å²) in [4.78, 5) is 12.2. The summed E-state index contributed by atoms with van der Waals surface area (Å²) in [5, 5.41) is 4.74. The van der Waals surface area contributed by atoms with Gasteiger partial charge in [0.2, 0.25) is 0 Å². The van der Waals surface area contributed by atoms with E-state index >= 15 is 0 Å². The van der Waals surface area contributed by atoms with E-state index in [1.165, 1.54) is 0 Å². The van der Waals surface area contributed by atoms with Gasteiger partial charge in [-0.15, -0.1) is 0 Å². The van der Waals surface area contributed by atoms with Gasteiger partial charge in [-0.1, -0.05) is 35.9 Å². The first-order valence-corrected chi connectivity index (χ1v) is 8.48. The molecule has 0 spiro atoms. The molecule has 0 atom stereocenters. The third kappa shape index (κ3) is 3.48. The summed E-state index contributed by atoms with van der Waals surface area (Å²) >= 11 is 6.32. The van der Waals surface area contributed by atoms with Gasteiger partial charge < -0.3 is 10.3 Å². The highest BCUT2D eigenvalue weighted by Crippen LogP contribution is 2.25. The lowest BCUT2D eigenvalue weighted by molar-refractivity contribution is 0.0956. The van der Waals surface area contributed by atoms with Crippen LogP contribution in [0.1, 0.15) is 27.3 Å². The van der Waals surface area contributed by atoms with Gasteiger partial charge in [-0.25, -0.2) is 5.43 Å². The average Bonchev–Trinajstić information content (AvgIpc) is 2.90. The standard InChI is InChI=1S/C20H19ClN4O/c1-13-11-15(14(2)25(13)19-10-6-4-8-17(19)21)12-23-24-20(26)16-7-3-5-9-18(16)22/h3-12H,22H2,1-2H3,(H,24,26)/b23-12-. The van der Waals surface area contributed by atoms with Crippen molar-refractivity contribution in [2.75, 3.05) is 5.73 Å². The number of nitrogen functional groups attached to an aromatic ring is 1. The molecule has 5 nitrogen and oxygen atoms in total. The molecule has 0 aliphatic rings. The minimum atomic E-state index is -0.348. The highest BCUT2D eigenvalue weighted by atomic mass is 35.5. The number of hydrogen-bond acceptors (Lipinski definition) is 3. The molecule has 3 rings (SSSR count). The molecule has 1 heterocycles. The number of rotatable bonds is 4. The monoisotopic (exact) mass is 366 g/mol. The molecule has 0 radical (unpaired) electrons. The molecule has 0 saturated heterocycles. The maximum atomic E-state index is 12.2. The Balaban J connectivity index is 1.82. The van der Waals surface area contributed by atoms with Crippen LogP contribution in [-0.2, 0) is 0 Å². The molecule has 0 aliphatic heterocycles. The maximum Gasteiger partial charge on any atom is 0.273 e. The molecular formula is C20H19ClN4O. The molecular weight excluding hydrogens is 348 g/mol. The van der Waals surface area contributed by atoms with Gasteiger partial charge in [-0.05, 0) is 44.2 Å². The normalized spacial score (nSPS) is 11.0. The van der Waals surface area contributed by atoms with Crippen LogP contribution >= 0.6 is 11.6 Å². The Labute approximate surface area is 157 Å². The zero-order valence-electron chi connectivity index (χ0n) is 14.5. The van der Waals surface area contributed by atoms with Crippen molar-refractivity contribution in [2.45, 2.75) is 13.8 Å². The minimum absolute atomic E-state index is 0.348. The molecule has 3 N–H and O–H groups in total. The number of benzene rings is 2. The Kier molecular flexibility index (Phi) is 5.09. The summed E-state index contributed by atoms with van der Waals surface area (Å²) < 4.78 is 2.06. The van der Waals surface area contributed by atoms with Gasteiger partial charge in [0.25, 0.3) is 5.91 Å². The Morgan fingerprint density at radius 2 is 1.85 bits per heavy atom. The van der Waals surface area contributed by atoms with Gasteiger partial charge in [-0.3, -0.25) is 4.79 Å². The molecule has 2 aromatic carbocycles. The van der Waals surface area contributed by atoms with Crippen molar-refractivity contribution in [3.05, 3.63) is 82.1 Å². The van der Waals surface area contributed by atoms with Crippen LogP contribution in [0.5, 0.6) is 0 Å². The summed E-state index contributed by atoms with van der Waals surface area (Å²) in [6, 6.07) is 16.5. The maximum absolute atomic E-state index is 12.2. The molecule has 6 heteroatoms. The number of anilines is 1. The topological polar surface area (TPSA) is 72.4 Å². The fourth-order valence-electron chi connectivity index (χ4n) is 2.85. The van der Waals surface area contributed by atoms with Gasteiger partial charge in [0, 0.05) is 22.6 Å². The number of halogens is 1. The molecule has 26 heavy (non-hydrogen) atoms. The van der Waals surface area contributed by atoms with Crippen molar-refractivity contribution in [3.8, 4) is 5.69 Å². The summed E-state index contributed by atoms with van der Waals surface area (Å²) in [7, 11) is 0. The summed E-state index contributed by atoms with van der Waals surface area (Å²) in [6.07, 6.45) is 1.62. The lowest BCUT2D eigenvalue weighted by Crippen LogP contribution is -2.19. The van der Waals surface area contributed by atoms with Crippen molar-refractivity contribution in [2.24, 2.45) is 5.10 Å². The van der Waals surface area contributed by atoms with Crippen molar-refractivity contribution < 1.29 is 4.79 Å². The Bertz CT molecular complexity index is 991. The first-order valence-electron chi connectivity index (χ1n) is 8.11. The number of nitrogens with one attached hydrogen (secondary N) is 1. The van der Waals surface area contributed by atoms with Crippen LogP contribution in [-0.4, -0.2) is 16.7 Å². The molecule has 0 fully saturated rings. The molecule has 0 aliphatic carbocycles. The highest BCUT2D eigenvalue weighted by Gasteiger charge is 2.12. The molecule has 0 bridgehead atoms. The zero-order valence-corrected chi connectivity index (χ0v) is 15.3. The second-order valence-electron chi connectivity index (χ2n) is 5.90. The van der Waals surface area contributed by atoms with Gasteiger partial charge >= 0.3 is 0 Å². The van der Waals surface area contributed by atoms with Gasteiger partial charge in [0.15, 0.2) is 0 Å². The Morgan fingerprint density at radius 1 is 1.15 bits per heavy atom. The SMILES string of the molecule is Cc1cc(/C=N\NC(=O)c2ccccc2N)c(C)n1-c1ccccc1Cl. The second-order valence-corrected chi connectivity index (χ2v) is 6.31. The van der Waals surface area contributed by atoms with Crippen LogP contribution in [0, 0.1) is 13.8 Å². The van der Waals surface area contributed by atoms with Crippen LogP contribution in [0.4, 0.5) is 5.69 Å². The number of hydrazone groups is 1. The highest BCUT2D eigenvalue weighted by molar-refractivity contribution is 6.32. The molecule has 1 aromatic heterocycles. The predicted octanol–water partition coefficient (Wildman–Crippen LogP) is 4.09. The lowest BCUT2D eigenvalue weighted by atomic mass is 10.2. The summed E-state index contributed by atoms with van der Waals surface area (Å²) in [5.74, 6) is -0.348. The first kappa shape index (κ1) is 17.8. The third-order valence-electron chi connectivity index (χ3n) is 4.14. The number of aryl methyl sites for hydroxylation is 1. The van der Waals surface area contributed by atoms with Crippen molar-refractivity contribution in [1.82, 2.24) is 9.99 Å². The summed E-state index contributed by atoms with van der Waals surface area (Å²) in [5.41, 5.74) is 12.9. The zero-order chi connectivity index (χ0) is 18.7. The fraction of sp³-hybridized carbons (Fsp3) is 0.100. The van der Waals surface area contributed by atoms with Crippen LogP contribution in [0.25, 0.3) is 5.69 Å². The number of carbonyl (C=O) groups is 1. The molecule has 132 valence electrons. The van der Waals surface area contributed by atoms with Crippen molar-refractivity contribution in [3.63, 3.8) is 0 Å². The number of nitrogens with zero attached hydrogens (tertiary/aromatic N) is 2. The van der Waals surface area contributed by atoms with E-state index in [0.29, 0.717) is 16.3 Å². The molecule has 1 amide bonds. The van der Waals surface area contributed by atoms with Gasteiger partial charge in [-0.2, -0.15) is 5.10 Å². The minimum Gasteiger partial charge on any atom is -0.398 e. The van der Waals surface area contributed by atoms with E-state index in [2.05, 4.69) is 15.1 Å². The second kappa shape index (κ2) is 7.45. The van der Waals surface area contributed by atoms with Crippen LogP contribution in [0.15, 0.2) is 59.7 Å². The van der Waals surface area contributed by atoms with E-state index in [4.69, 9.17) is 17.3 Å². The molecule has 0 saturated carbocycles. The fourth-order valence-corrected chi connectivity index (χ4v) is 3.07.